The summed E-state index contributed by atoms with van der Waals surface area (Å²) < 4.78 is 0. The van der Waals surface area contributed by atoms with Gasteiger partial charge in [0, 0.05) is 18.6 Å². The van der Waals surface area contributed by atoms with Gasteiger partial charge in [0.2, 0.25) is 5.82 Å². The summed E-state index contributed by atoms with van der Waals surface area (Å²) in [5.74, 6) is 1.34. The summed E-state index contributed by atoms with van der Waals surface area (Å²) >= 11 is 0. The fourth-order valence-corrected chi connectivity index (χ4v) is 3.45. The van der Waals surface area contributed by atoms with Gasteiger partial charge in [-0.25, -0.2) is 4.98 Å². The zero-order valence-electron chi connectivity index (χ0n) is 11.5. The number of hydrogen-bond donors (Lipinski definition) is 2. The lowest BCUT2D eigenvalue weighted by Gasteiger charge is -2.36. The molecule has 2 unspecified atom stereocenters. The molecular weight excluding hydrogens is 242 g/mol. The van der Waals surface area contributed by atoms with E-state index in [2.05, 4.69) is 32.4 Å². The van der Waals surface area contributed by atoms with Crippen LogP contribution in [-0.2, 0) is 0 Å². The van der Waals surface area contributed by atoms with Crippen LogP contribution in [0.3, 0.4) is 0 Å². The van der Waals surface area contributed by atoms with Crippen molar-refractivity contribution in [3.8, 4) is 0 Å². The fourth-order valence-electron chi connectivity index (χ4n) is 3.45. The van der Waals surface area contributed by atoms with E-state index in [-0.39, 0.29) is 11.7 Å². The Hall–Kier alpha value is -1.43. The molecule has 2 bridgehead atoms. The Morgan fingerprint density at radius 2 is 2.11 bits per heavy atom. The Kier molecular flexibility index (Phi) is 3.26. The van der Waals surface area contributed by atoms with Gasteiger partial charge < -0.3 is 10.2 Å². The maximum atomic E-state index is 11.9. The number of aryl methyl sites for hydroxylation is 1. The summed E-state index contributed by atoms with van der Waals surface area (Å²) in [5, 5.41) is 9.53. The summed E-state index contributed by atoms with van der Waals surface area (Å²) in [6, 6.07) is 1.43. The van der Waals surface area contributed by atoms with Crippen molar-refractivity contribution in [3.63, 3.8) is 0 Å². The van der Waals surface area contributed by atoms with Crippen LogP contribution in [-0.4, -0.2) is 51.7 Å². The molecule has 0 saturated carbocycles. The third-order valence-corrected chi connectivity index (χ3v) is 4.55. The highest BCUT2D eigenvalue weighted by Crippen LogP contribution is 2.36. The van der Waals surface area contributed by atoms with Gasteiger partial charge in [-0.15, -0.1) is 5.10 Å². The molecule has 0 radical (unpaired) electrons. The van der Waals surface area contributed by atoms with Crippen molar-refractivity contribution in [2.45, 2.75) is 44.7 Å². The molecule has 3 rings (SSSR count). The van der Waals surface area contributed by atoms with Crippen LogP contribution in [0.5, 0.6) is 0 Å². The molecule has 2 N–H and O–H groups in total. The number of fused-ring (bicyclic) bond motifs is 2. The lowest BCUT2D eigenvalue weighted by molar-refractivity contribution is 0.0908. The molecule has 1 aromatic heterocycles. The Morgan fingerprint density at radius 1 is 1.42 bits per heavy atom. The monoisotopic (exact) mass is 263 g/mol. The number of hydrogen-bond acceptors (Lipinski definition) is 4. The molecule has 0 aliphatic carbocycles. The number of carbonyl (C=O) groups excluding carboxylic acids is 1. The molecule has 2 aliphatic heterocycles. The zero-order chi connectivity index (χ0) is 13.4. The van der Waals surface area contributed by atoms with Crippen molar-refractivity contribution in [1.29, 1.82) is 0 Å². The van der Waals surface area contributed by atoms with Crippen LogP contribution in [0.2, 0.25) is 0 Å². The van der Waals surface area contributed by atoms with Crippen molar-refractivity contribution in [2.75, 3.05) is 13.6 Å². The zero-order valence-corrected chi connectivity index (χ0v) is 11.5. The highest BCUT2D eigenvalue weighted by atomic mass is 16.2. The number of carbonyl (C=O) groups is 1. The van der Waals surface area contributed by atoms with E-state index >= 15 is 0 Å². The molecule has 1 aromatic rings. The second kappa shape index (κ2) is 4.92. The molecule has 2 aliphatic rings. The van der Waals surface area contributed by atoms with E-state index in [1.807, 2.05) is 0 Å². The van der Waals surface area contributed by atoms with Gasteiger partial charge in [0.05, 0.1) is 0 Å². The van der Waals surface area contributed by atoms with Gasteiger partial charge in [-0.3, -0.25) is 9.89 Å². The van der Waals surface area contributed by atoms with Gasteiger partial charge in [-0.05, 0) is 45.6 Å². The first-order valence-corrected chi connectivity index (χ1v) is 7.02. The number of aromatic nitrogens is 3. The molecule has 6 nitrogen and oxygen atoms in total. The highest BCUT2D eigenvalue weighted by Gasteiger charge is 2.38. The highest BCUT2D eigenvalue weighted by molar-refractivity contribution is 5.90. The summed E-state index contributed by atoms with van der Waals surface area (Å²) in [4.78, 5) is 18.4. The average Bonchev–Trinajstić information content (AvgIpc) is 2.88. The van der Waals surface area contributed by atoms with Gasteiger partial charge in [-0.2, -0.15) is 0 Å². The first kappa shape index (κ1) is 12.6. The van der Waals surface area contributed by atoms with E-state index in [4.69, 9.17) is 0 Å². The maximum absolute atomic E-state index is 11.9. The molecule has 6 heteroatoms. The minimum absolute atomic E-state index is 0.171. The van der Waals surface area contributed by atoms with Crippen LogP contribution < -0.4 is 5.32 Å². The van der Waals surface area contributed by atoms with E-state index < -0.39 is 0 Å². The van der Waals surface area contributed by atoms with Gasteiger partial charge in [-0.1, -0.05) is 0 Å². The lowest BCUT2D eigenvalue weighted by Crippen LogP contribution is -2.43. The third-order valence-electron chi connectivity index (χ3n) is 4.55. The molecule has 2 fully saturated rings. The number of H-pyrrole nitrogens is 1. The van der Waals surface area contributed by atoms with E-state index in [9.17, 15) is 4.79 Å². The normalized spacial score (nSPS) is 30.5. The summed E-state index contributed by atoms with van der Waals surface area (Å²) in [5.41, 5.74) is 0. The SMILES string of the molecule is Cc1nc(C(=O)NCC2CC3CCC(C2)N3C)n[nH]1. The summed E-state index contributed by atoms with van der Waals surface area (Å²) in [6.45, 7) is 2.53. The minimum atomic E-state index is -0.171. The number of nitrogens with zero attached hydrogens (tertiary/aromatic N) is 3. The van der Waals surface area contributed by atoms with Crippen molar-refractivity contribution in [1.82, 2.24) is 25.4 Å². The third kappa shape index (κ3) is 2.49. The molecule has 2 saturated heterocycles. The van der Waals surface area contributed by atoms with Crippen LogP contribution in [0.25, 0.3) is 0 Å². The van der Waals surface area contributed by atoms with Crippen molar-refractivity contribution >= 4 is 5.91 Å². The Balaban J connectivity index is 1.52. The molecule has 0 aromatic carbocycles. The number of amides is 1. The number of nitrogens with one attached hydrogen (secondary N) is 2. The van der Waals surface area contributed by atoms with Crippen molar-refractivity contribution < 1.29 is 4.79 Å². The maximum Gasteiger partial charge on any atom is 0.290 e. The fraction of sp³-hybridized carbons (Fsp3) is 0.769. The minimum Gasteiger partial charge on any atom is -0.349 e. The predicted octanol–water partition coefficient (Wildman–Crippen LogP) is 0.716. The molecule has 0 spiro atoms. The largest absolute Gasteiger partial charge is 0.349 e. The molecular formula is C13H21N5O. The first-order chi connectivity index (χ1) is 9.13. The molecule has 104 valence electrons. The van der Waals surface area contributed by atoms with Gasteiger partial charge in [0.25, 0.3) is 5.91 Å². The molecule has 19 heavy (non-hydrogen) atoms. The Morgan fingerprint density at radius 3 is 2.68 bits per heavy atom. The van der Waals surface area contributed by atoms with Gasteiger partial charge in [0.15, 0.2) is 0 Å². The van der Waals surface area contributed by atoms with Crippen LogP contribution >= 0.6 is 0 Å². The molecule has 3 heterocycles. The van der Waals surface area contributed by atoms with Gasteiger partial charge in [0.1, 0.15) is 5.82 Å². The number of piperidine rings is 1. The van der Waals surface area contributed by atoms with Crippen LogP contribution in [0.15, 0.2) is 0 Å². The Bertz CT molecular complexity index is 457. The smallest absolute Gasteiger partial charge is 0.290 e. The van der Waals surface area contributed by atoms with Crippen LogP contribution in [0, 0.1) is 12.8 Å². The molecule has 1 amide bonds. The predicted molar refractivity (Wildman–Crippen MR) is 70.7 cm³/mol. The molecule has 2 atom stereocenters. The first-order valence-electron chi connectivity index (χ1n) is 7.02. The second-order valence-electron chi connectivity index (χ2n) is 5.84. The second-order valence-corrected chi connectivity index (χ2v) is 5.84. The van der Waals surface area contributed by atoms with E-state index in [0.717, 1.165) is 6.54 Å². The Labute approximate surface area is 113 Å². The van der Waals surface area contributed by atoms with Gasteiger partial charge >= 0.3 is 0 Å². The van der Waals surface area contributed by atoms with Crippen molar-refractivity contribution in [2.24, 2.45) is 5.92 Å². The van der Waals surface area contributed by atoms with E-state index in [1.165, 1.54) is 25.7 Å². The summed E-state index contributed by atoms with van der Waals surface area (Å²) in [7, 11) is 2.23. The number of rotatable bonds is 3. The van der Waals surface area contributed by atoms with E-state index in [0.29, 0.717) is 23.8 Å². The van der Waals surface area contributed by atoms with E-state index in [1.54, 1.807) is 6.92 Å². The quantitative estimate of drug-likeness (QED) is 0.842. The topological polar surface area (TPSA) is 73.9 Å². The van der Waals surface area contributed by atoms with Crippen molar-refractivity contribution in [3.05, 3.63) is 11.6 Å². The van der Waals surface area contributed by atoms with Crippen LogP contribution in [0.1, 0.15) is 42.1 Å². The number of aromatic amines is 1. The summed E-state index contributed by atoms with van der Waals surface area (Å²) in [6.07, 6.45) is 5.01. The lowest BCUT2D eigenvalue weighted by atomic mass is 9.91. The van der Waals surface area contributed by atoms with Crippen LogP contribution in [0.4, 0.5) is 0 Å². The average molecular weight is 263 g/mol. The standard InChI is InChI=1S/C13H21N5O/c1-8-15-12(17-16-8)13(19)14-7-9-5-10-3-4-11(6-9)18(10)2/h9-11H,3-7H2,1-2H3,(H,14,19)(H,15,16,17).